The van der Waals surface area contributed by atoms with Crippen LogP contribution in [-0.4, -0.2) is 11.5 Å². The smallest absolute Gasteiger partial charge is 0.0751 e. The van der Waals surface area contributed by atoms with E-state index >= 15 is 0 Å². The van der Waals surface area contributed by atoms with Gasteiger partial charge in [-0.05, 0) is 77.7 Å². The van der Waals surface area contributed by atoms with Crippen molar-refractivity contribution in [2.75, 3.05) is 11.5 Å². The van der Waals surface area contributed by atoms with E-state index in [0.717, 1.165) is 38.0 Å². The number of hydrogen-bond acceptors (Lipinski definition) is 3. The first-order valence-corrected chi connectivity index (χ1v) is 15.1. The van der Waals surface area contributed by atoms with Gasteiger partial charge in [-0.2, -0.15) is 5.26 Å². The van der Waals surface area contributed by atoms with Crippen molar-refractivity contribution in [2.45, 2.75) is 82.1 Å². The molecule has 2 aliphatic rings. The maximum Gasteiger partial charge on any atom is 0.0751 e. The topological polar surface area (TPSA) is 23.8 Å². The third-order valence-corrected chi connectivity index (χ3v) is 11.2. The number of benzene rings is 2. The maximum atomic E-state index is 9.83. The summed E-state index contributed by atoms with van der Waals surface area (Å²) in [5.74, 6) is 4.09. The predicted molar refractivity (Wildman–Crippen MR) is 147 cm³/mol. The Bertz CT molecular complexity index is 896. The van der Waals surface area contributed by atoms with E-state index in [9.17, 15) is 5.26 Å². The molecule has 1 saturated carbocycles. The van der Waals surface area contributed by atoms with E-state index in [-0.39, 0.29) is 5.41 Å². The molecule has 0 radical (unpaired) electrons. The van der Waals surface area contributed by atoms with Crippen molar-refractivity contribution < 1.29 is 0 Å². The van der Waals surface area contributed by atoms with Crippen molar-refractivity contribution in [2.24, 2.45) is 11.3 Å². The van der Waals surface area contributed by atoms with Crippen molar-refractivity contribution in [1.29, 1.82) is 5.26 Å². The standard InChI is InChI=1S/C30H39NS2/c1-3-5-6-17-30(22-31)18-15-27(16-19-30)26-9-7-24(8-10-26)25-11-13-28(14-12-25)29-32-20-23(4-2)21-33-29/h7-14,23,27,29H,3-6,15-21H2,1-2H3. The lowest BCUT2D eigenvalue weighted by Crippen LogP contribution is -2.25. The Morgan fingerprint density at radius 1 is 0.848 bits per heavy atom. The van der Waals surface area contributed by atoms with Crippen molar-refractivity contribution >= 4 is 23.5 Å². The second kappa shape index (κ2) is 11.9. The molecule has 3 heteroatoms. The summed E-state index contributed by atoms with van der Waals surface area (Å²) in [6.07, 6.45) is 10.5. The monoisotopic (exact) mass is 477 g/mol. The summed E-state index contributed by atoms with van der Waals surface area (Å²) in [7, 11) is 0. The predicted octanol–water partition coefficient (Wildman–Crippen LogP) is 9.61. The molecule has 0 aromatic heterocycles. The average molecular weight is 478 g/mol. The molecule has 33 heavy (non-hydrogen) atoms. The van der Waals surface area contributed by atoms with E-state index in [1.807, 2.05) is 0 Å². The van der Waals surface area contributed by atoms with Crippen LogP contribution in [0.2, 0.25) is 0 Å². The van der Waals surface area contributed by atoms with Crippen molar-refractivity contribution in [3.8, 4) is 17.2 Å². The van der Waals surface area contributed by atoms with Crippen LogP contribution in [0.1, 0.15) is 93.3 Å². The van der Waals surface area contributed by atoms with E-state index in [1.165, 1.54) is 59.4 Å². The Labute approximate surface area is 210 Å². The summed E-state index contributed by atoms with van der Waals surface area (Å²) in [4.78, 5) is 0. The molecular weight excluding hydrogens is 438 g/mol. The van der Waals surface area contributed by atoms with E-state index in [0.29, 0.717) is 10.5 Å². The average Bonchev–Trinajstić information content (AvgIpc) is 2.89. The molecule has 2 fully saturated rings. The molecule has 0 atom stereocenters. The van der Waals surface area contributed by atoms with E-state index in [4.69, 9.17) is 0 Å². The molecule has 1 aliphatic carbocycles. The Balaban J connectivity index is 1.34. The van der Waals surface area contributed by atoms with E-state index in [1.54, 1.807) is 0 Å². The minimum atomic E-state index is -0.0558. The van der Waals surface area contributed by atoms with Gasteiger partial charge in [0.15, 0.2) is 0 Å². The van der Waals surface area contributed by atoms with Gasteiger partial charge in [0, 0.05) is 0 Å². The zero-order chi connectivity index (χ0) is 23.1. The Morgan fingerprint density at radius 3 is 1.94 bits per heavy atom. The summed E-state index contributed by atoms with van der Waals surface area (Å²) in [6, 6.07) is 21.3. The number of rotatable bonds is 8. The molecule has 0 spiro atoms. The first kappa shape index (κ1) is 24.7. The molecule has 1 nitrogen and oxygen atoms in total. The van der Waals surface area contributed by atoms with Gasteiger partial charge in [-0.3, -0.25) is 0 Å². The molecule has 0 unspecified atom stereocenters. The van der Waals surface area contributed by atoms with Crippen molar-refractivity contribution in [3.63, 3.8) is 0 Å². The fourth-order valence-corrected chi connectivity index (χ4v) is 8.69. The lowest BCUT2D eigenvalue weighted by atomic mass is 9.67. The summed E-state index contributed by atoms with van der Waals surface area (Å²) in [6.45, 7) is 4.55. The Hall–Kier alpha value is -1.37. The van der Waals surface area contributed by atoms with Crippen LogP contribution in [0.4, 0.5) is 0 Å². The van der Waals surface area contributed by atoms with Crippen LogP contribution in [0.3, 0.4) is 0 Å². The summed E-state index contributed by atoms with van der Waals surface area (Å²) < 4.78 is 0.595. The van der Waals surface area contributed by atoms with Gasteiger partial charge in [0.25, 0.3) is 0 Å². The zero-order valence-electron chi connectivity index (χ0n) is 20.4. The highest BCUT2D eigenvalue weighted by molar-refractivity contribution is 8.16. The summed E-state index contributed by atoms with van der Waals surface area (Å²) >= 11 is 4.24. The highest BCUT2D eigenvalue weighted by atomic mass is 32.2. The van der Waals surface area contributed by atoms with Crippen molar-refractivity contribution in [1.82, 2.24) is 0 Å². The third kappa shape index (κ3) is 6.20. The van der Waals surface area contributed by atoms with Gasteiger partial charge in [-0.25, -0.2) is 0 Å². The first-order chi connectivity index (χ1) is 16.2. The van der Waals surface area contributed by atoms with Crippen LogP contribution in [0.15, 0.2) is 48.5 Å². The van der Waals surface area contributed by atoms with Crippen LogP contribution in [0.25, 0.3) is 11.1 Å². The fraction of sp³-hybridized carbons (Fsp3) is 0.567. The zero-order valence-corrected chi connectivity index (χ0v) is 22.0. The molecule has 1 heterocycles. The Morgan fingerprint density at radius 2 is 1.42 bits per heavy atom. The van der Waals surface area contributed by atoms with E-state index < -0.39 is 0 Å². The molecule has 176 valence electrons. The van der Waals surface area contributed by atoms with Gasteiger partial charge in [0.05, 0.1) is 16.1 Å². The second-order valence-corrected chi connectivity index (χ2v) is 12.7. The number of nitrogens with zero attached hydrogens (tertiary/aromatic N) is 1. The Kier molecular flexibility index (Phi) is 8.89. The third-order valence-electron chi connectivity index (χ3n) is 7.88. The summed E-state index contributed by atoms with van der Waals surface area (Å²) in [5, 5.41) is 9.83. The number of nitriles is 1. The molecule has 0 bridgehead atoms. The minimum absolute atomic E-state index is 0.0558. The summed E-state index contributed by atoms with van der Waals surface area (Å²) in [5.41, 5.74) is 5.48. The van der Waals surface area contributed by atoms with Gasteiger partial charge in [-0.1, -0.05) is 88.1 Å². The molecule has 2 aromatic rings. The van der Waals surface area contributed by atoms with Crippen LogP contribution in [0, 0.1) is 22.7 Å². The van der Waals surface area contributed by atoms with Gasteiger partial charge < -0.3 is 0 Å². The highest BCUT2D eigenvalue weighted by Crippen LogP contribution is 2.47. The quantitative estimate of drug-likeness (QED) is 0.354. The van der Waals surface area contributed by atoms with Crippen LogP contribution < -0.4 is 0 Å². The van der Waals surface area contributed by atoms with Crippen LogP contribution in [-0.2, 0) is 0 Å². The molecule has 0 N–H and O–H groups in total. The van der Waals surface area contributed by atoms with Crippen molar-refractivity contribution in [3.05, 3.63) is 59.7 Å². The molecule has 1 aliphatic heterocycles. The molecule has 4 rings (SSSR count). The van der Waals surface area contributed by atoms with E-state index in [2.05, 4.69) is 92.0 Å². The molecule has 0 amide bonds. The molecule has 1 saturated heterocycles. The molecular formula is C30H39NS2. The first-order valence-electron chi connectivity index (χ1n) is 13.0. The maximum absolute atomic E-state index is 9.83. The van der Waals surface area contributed by atoms with Gasteiger partial charge in [-0.15, -0.1) is 23.5 Å². The largest absolute Gasteiger partial charge is 0.198 e. The lowest BCUT2D eigenvalue weighted by Gasteiger charge is -2.35. The number of thioether (sulfide) groups is 2. The number of hydrogen-bond donors (Lipinski definition) is 0. The SMILES string of the molecule is CCCCCC1(C#N)CCC(c2ccc(-c3ccc(C4SCC(CC)CS4)cc3)cc2)CC1. The minimum Gasteiger partial charge on any atom is -0.198 e. The normalized spacial score (nSPS) is 27.7. The second-order valence-electron chi connectivity index (χ2n) is 10.1. The lowest BCUT2D eigenvalue weighted by molar-refractivity contribution is 0.223. The van der Waals surface area contributed by atoms with Gasteiger partial charge in [0.1, 0.15) is 0 Å². The number of unbranched alkanes of at least 4 members (excludes halogenated alkanes) is 2. The van der Waals surface area contributed by atoms with Crippen LogP contribution >= 0.6 is 23.5 Å². The fourth-order valence-electron chi connectivity index (χ4n) is 5.39. The van der Waals surface area contributed by atoms with Gasteiger partial charge in [0.2, 0.25) is 0 Å². The van der Waals surface area contributed by atoms with Crippen LogP contribution in [0.5, 0.6) is 0 Å². The highest BCUT2D eigenvalue weighted by Gasteiger charge is 2.35. The molecule has 2 aromatic carbocycles. The van der Waals surface area contributed by atoms with Gasteiger partial charge >= 0.3 is 0 Å².